The van der Waals surface area contributed by atoms with Gasteiger partial charge in [-0.25, -0.2) is 19.3 Å². The van der Waals surface area contributed by atoms with Gasteiger partial charge in [0.25, 0.3) is 5.56 Å². The zero-order chi connectivity index (χ0) is 22.6. The quantitative estimate of drug-likeness (QED) is 0.288. The van der Waals surface area contributed by atoms with Crippen LogP contribution in [-0.2, 0) is 19.5 Å². The van der Waals surface area contributed by atoms with Gasteiger partial charge in [-0.1, -0.05) is 23.5 Å². The number of fused-ring (bicyclic) bond motifs is 2. The monoisotopic (exact) mass is 464 g/mol. The number of H-pyrrole nitrogens is 1. The van der Waals surface area contributed by atoms with Gasteiger partial charge in [0.15, 0.2) is 5.82 Å². The van der Waals surface area contributed by atoms with Gasteiger partial charge in [0.1, 0.15) is 22.5 Å². The molecular formula is C22H21FN8OS. The SMILES string of the molecule is O=c1c2ccccc2[nH]n1CCNCCc1nc2c(NCc3ncccc3F)ncnc2s1. The predicted molar refractivity (Wildman–Crippen MR) is 126 cm³/mol. The number of benzene rings is 1. The molecule has 0 bridgehead atoms. The molecule has 3 N–H and O–H groups in total. The molecule has 5 aromatic rings. The second-order valence-electron chi connectivity index (χ2n) is 7.38. The Labute approximate surface area is 191 Å². The van der Waals surface area contributed by atoms with Crippen molar-refractivity contribution in [2.75, 3.05) is 18.4 Å². The summed E-state index contributed by atoms with van der Waals surface area (Å²) in [7, 11) is 0. The Morgan fingerprint density at radius 1 is 1.09 bits per heavy atom. The number of rotatable bonds is 9. The fourth-order valence-electron chi connectivity index (χ4n) is 3.53. The largest absolute Gasteiger partial charge is 0.362 e. The van der Waals surface area contributed by atoms with E-state index >= 15 is 0 Å². The van der Waals surface area contributed by atoms with Crippen LogP contribution >= 0.6 is 11.3 Å². The summed E-state index contributed by atoms with van der Waals surface area (Å²) in [6, 6.07) is 10.4. The van der Waals surface area contributed by atoms with Crippen molar-refractivity contribution in [3.05, 3.63) is 75.8 Å². The maximum Gasteiger partial charge on any atom is 0.274 e. The molecule has 0 aliphatic carbocycles. The smallest absolute Gasteiger partial charge is 0.274 e. The van der Waals surface area contributed by atoms with Crippen molar-refractivity contribution in [3.63, 3.8) is 0 Å². The Morgan fingerprint density at radius 3 is 2.88 bits per heavy atom. The summed E-state index contributed by atoms with van der Waals surface area (Å²) in [5.41, 5.74) is 1.81. The molecular weight excluding hydrogens is 443 g/mol. The van der Waals surface area contributed by atoms with E-state index in [2.05, 4.69) is 35.7 Å². The average molecular weight is 465 g/mol. The van der Waals surface area contributed by atoms with E-state index in [-0.39, 0.29) is 17.9 Å². The van der Waals surface area contributed by atoms with E-state index in [9.17, 15) is 9.18 Å². The van der Waals surface area contributed by atoms with Crippen LogP contribution in [0.1, 0.15) is 10.7 Å². The van der Waals surface area contributed by atoms with Crippen LogP contribution in [0.5, 0.6) is 0 Å². The second-order valence-corrected chi connectivity index (χ2v) is 8.45. The number of pyridine rings is 1. The van der Waals surface area contributed by atoms with Crippen LogP contribution in [0.3, 0.4) is 0 Å². The van der Waals surface area contributed by atoms with Crippen molar-refractivity contribution in [2.45, 2.75) is 19.5 Å². The molecule has 0 fully saturated rings. The van der Waals surface area contributed by atoms with Gasteiger partial charge in [-0.15, -0.1) is 0 Å². The third-order valence-electron chi connectivity index (χ3n) is 5.18. The molecule has 0 atom stereocenters. The number of thiazole rings is 1. The van der Waals surface area contributed by atoms with Gasteiger partial charge in [-0.2, -0.15) is 0 Å². The molecule has 1 aromatic carbocycles. The lowest BCUT2D eigenvalue weighted by atomic mass is 10.3. The molecule has 11 heteroatoms. The van der Waals surface area contributed by atoms with Crippen LogP contribution in [0, 0.1) is 5.82 Å². The first-order chi connectivity index (χ1) is 16.2. The molecule has 4 heterocycles. The molecule has 33 heavy (non-hydrogen) atoms. The van der Waals surface area contributed by atoms with Crippen LogP contribution in [0.15, 0.2) is 53.7 Å². The summed E-state index contributed by atoms with van der Waals surface area (Å²) in [5, 5.41) is 11.2. The number of nitrogens with zero attached hydrogens (tertiary/aromatic N) is 5. The lowest BCUT2D eigenvalue weighted by Crippen LogP contribution is -2.27. The summed E-state index contributed by atoms with van der Waals surface area (Å²) in [4.78, 5) is 30.4. The Balaban J connectivity index is 1.17. The highest BCUT2D eigenvalue weighted by Gasteiger charge is 2.12. The second kappa shape index (κ2) is 9.43. The third kappa shape index (κ3) is 4.59. The summed E-state index contributed by atoms with van der Waals surface area (Å²) in [5.74, 6) is 0.189. The highest BCUT2D eigenvalue weighted by molar-refractivity contribution is 7.18. The molecule has 0 spiro atoms. The number of para-hydroxylation sites is 1. The van der Waals surface area contributed by atoms with Crippen molar-refractivity contribution in [2.24, 2.45) is 0 Å². The van der Waals surface area contributed by atoms with Gasteiger partial charge in [-0.3, -0.25) is 19.6 Å². The van der Waals surface area contributed by atoms with Crippen molar-refractivity contribution < 1.29 is 4.39 Å². The van der Waals surface area contributed by atoms with E-state index in [1.54, 1.807) is 16.9 Å². The fraction of sp³-hybridized carbons (Fsp3) is 0.227. The first kappa shape index (κ1) is 21.2. The molecule has 0 aliphatic rings. The van der Waals surface area contributed by atoms with Gasteiger partial charge < -0.3 is 10.6 Å². The highest BCUT2D eigenvalue weighted by Crippen LogP contribution is 2.25. The predicted octanol–water partition coefficient (Wildman–Crippen LogP) is 2.71. The highest BCUT2D eigenvalue weighted by atomic mass is 32.1. The van der Waals surface area contributed by atoms with Gasteiger partial charge in [0.05, 0.1) is 34.7 Å². The van der Waals surface area contributed by atoms with Crippen molar-refractivity contribution in [3.8, 4) is 0 Å². The summed E-state index contributed by atoms with van der Waals surface area (Å²) in [6.45, 7) is 2.13. The lowest BCUT2D eigenvalue weighted by molar-refractivity contribution is 0.548. The Kier molecular flexibility index (Phi) is 6.05. The van der Waals surface area contributed by atoms with E-state index in [0.29, 0.717) is 42.0 Å². The van der Waals surface area contributed by atoms with Crippen LogP contribution < -0.4 is 16.2 Å². The normalized spacial score (nSPS) is 11.4. The Bertz CT molecular complexity index is 1460. The van der Waals surface area contributed by atoms with E-state index in [4.69, 9.17) is 0 Å². The van der Waals surface area contributed by atoms with Crippen molar-refractivity contribution >= 4 is 38.4 Å². The zero-order valence-electron chi connectivity index (χ0n) is 17.6. The van der Waals surface area contributed by atoms with Gasteiger partial charge in [0, 0.05) is 25.7 Å². The van der Waals surface area contributed by atoms with Gasteiger partial charge in [-0.05, 0) is 24.3 Å². The molecule has 9 nitrogen and oxygen atoms in total. The van der Waals surface area contributed by atoms with Crippen LogP contribution in [0.2, 0.25) is 0 Å². The minimum Gasteiger partial charge on any atom is -0.362 e. The molecule has 4 aromatic heterocycles. The number of nitrogens with one attached hydrogen (secondary N) is 3. The lowest BCUT2D eigenvalue weighted by Gasteiger charge is -2.05. The van der Waals surface area contributed by atoms with E-state index in [1.165, 1.54) is 23.7 Å². The summed E-state index contributed by atoms with van der Waals surface area (Å²) >= 11 is 1.50. The first-order valence-corrected chi connectivity index (χ1v) is 11.3. The third-order valence-corrected chi connectivity index (χ3v) is 6.21. The minimum absolute atomic E-state index is 0.0113. The van der Waals surface area contributed by atoms with E-state index in [0.717, 1.165) is 21.8 Å². The average Bonchev–Trinajstić information content (AvgIpc) is 3.39. The van der Waals surface area contributed by atoms with Crippen molar-refractivity contribution in [1.82, 2.24) is 35.0 Å². The van der Waals surface area contributed by atoms with Crippen LogP contribution in [0.25, 0.3) is 21.3 Å². The van der Waals surface area contributed by atoms with Crippen LogP contribution in [0.4, 0.5) is 10.2 Å². The molecule has 0 amide bonds. The Hall–Kier alpha value is -3.70. The topological polar surface area (TPSA) is 113 Å². The molecule has 0 radical (unpaired) electrons. The zero-order valence-corrected chi connectivity index (χ0v) is 18.4. The number of hydrogen-bond donors (Lipinski definition) is 3. The molecule has 0 aliphatic heterocycles. The van der Waals surface area contributed by atoms with Crippen molar-refractivity contribution in [1.29, 1.82) is 0 Å². The maximum absolute atomic E-state index is 13.8. The van der Waals surface area contributed by atoms with E-state index < -0.39 is 0 Å². The number of halogens is 1. The maximum atomic E-state index is 13.8. The summed E-state index contributed by atoms with van der Waals surface area (Å²) < 4.78 is 15.4. The standard InChI is InChI=1S/C22H21FN8OS/c23-15-5-3-8-25-17(15)12-26-20-19-21(28-13-27-20)33-18(29-19)7-9-24-10-11-31-22(32)14-4-1-2-6-16(14)30-31/h1-6,8,13,24,30H,7,9-12H2,(H,26,27,28). The number of aromatic nitrogens is 6. The van der Waals surface area contributed by atoms with Crippen LogP contribution in [-0.4, -0.2) is 42.8 Å². The van der Waals surface area contributed by atoms with E-state index in [1.807, 2.05) is 24.3 Å². The van der Waals surface area contributed by atoms with Gasteiger partial charge in [0.2, 0.25) is 0 Å². The molecule has 168 valence electrons. The molecule has 0 saturated heterocycles. The molecule has 0 saturated carbocycles. The first-order valence-electron chi connectivity index (χ1n) is 10.5. The Morgan fingerprint density at radius 2 is 2.00 bits per heavy atom. The number of anilines is 1. The number of hydrogen-bond acceptors (Lipinski definition) is 8. The molecule has 5 rings (SSSR count). The fourth-order valence-corrected chi connectivity index (χ4v) is 4.43. The molecule has 0 unspecified atom stereocenters. The number of aromatic amines is 1. The summed E-state index contributed by atoms with van der Waals surface area (Å²) in [6.07, 6.45) is 3.74. The minimum atomic E-state index is -0.366. The van der Waals surface area contributed by atoms with Gasteiger partial charge >= 0.3 is 0 Å².